The molecule has 1 aromatic carbocycles. The Morgan fingerprint density at radius 3 is 2.40 bits per heavy atom. The third kappa shape index (κ3) is 6.62. The van der Waals surface area contributed by atoms with Crippen molar-refractivity contribution >= 4 is 17.7 Å². The molecule has 7 nitrogen and oxygen atoms in total. The van der Waals surface area contributed by atoms with Crippen molar-refractivity contribution in [2.45, 2.75) is 39.8 Å². The number of ether oxygens (including phenoxy) is 2. The standard InChI is InChI=1S/C18H30N4O3/c1-8-22(16(19)20-17(23)25-18(2,3)4)14-9-10-15(24-7)13(11-14)12-21(5)6/h9-11H,8,12H2,1-7H3,(H2,19,20,23). The van der Waals surface area contributed by atoms with Gasteiger partial charge < -0.3 is 25.0 Å². The number of nitrogens with zero attached hydrogens (tertiary/aromatic N) is 3. The second-order valence-corrected chi connectivity index (χ2v) is 6.93. The van der Waals surface area contributed by atoms with Crippen molar-refractivity contribution in [3.63, 3.8) is 0 Å². The van der Waals surface area contributed by atoms with Gasteiger partial charge in [0.25, 0.3) is 0 Å². The van der Waals surface area contributed by atoms with Crippen LogP contribution in [0.3, 0.4) is 0 Å². The molecule has 0 aromatic heterocycles. The van der Waals surface area contributed by atoms with Gasteiger partial charge in [0.15, 0.2) is 0 Å². The maximum Gasteiger partial charge on any atom is 0.437 e. The molecule has 1 aromatic rings. The van der Waals surface area contributed by atoms with Crippen LogP contribution in [0.25, 0.3) is 0 Å². The van der Waals surface area contributed by atoms with Gasteiger partial charge in [-0.1, -0.05) is 0 Å². The summed E-state index contributed by atoms with van der Waals surface area (Å²) in [6, 6.07) is 5.76. The average molecular weight is 350 g/mol. The van der Waals surface area contributed by atoms with E-state index < -0.39 is 11.7 Å². The molecule has 1 rings (SSSR count). The molecule has 0 radical (unpaired) electrons. The Balaban J connectivity index is 3.11. The van der Waals surface area contributed by atoms with Gasteiger partial charge in [0.2, 0.25) is 5.96 Å². The van der Waals surface area contributed by atoms with E-state index in [2.05, 4.69) is 9.89 Å². The van der Waals surface area contributed by atoms with Crippen LogP contribution >= 0.6 is 0 Å². The molecule has 2 N–H and O–H groups in total. The van der Waals surface area contributed by atoms with Crippen LogP contribution in [0, 0.1) is 0 Å². The first kappa shape index (κ1) is 20.8. The number of carbonyl (C=O) groups excluding carboxylic acids is 1. The summed E-state index contributed by atoms with van der Waals surface area (Å²) in [4.78, 5) is 19.6. The summed E-state index contributed by atoms with van der Waals surface area (Å²) in [5.41, 5.74) is 7.28. The van der Waals surface area contributed by atoms with E-state index in [1.165, 1.54) is 0 Å². The van der Waals surface area contributed by atoms with E-state index >= 15 is 0 Å². The number of guanidine groups is 1. The van der Waals surface area contributed by atoms with Gasteiger partial charge in [-0.15, -0.1) is 4.99 Å². The largest absolute Gasteiger partial charge is 0.496 e. The van der Waals surface area contributed by atoms with Crippen LogP contribution in [0.4, 0.5) is 10.5 Å². The number of rotatable bonds is 5. The third-order valence-corrected chi connectivity index (χ3v) is 3.25. The Hall–Kier alpha value is -2.28. The lowest BCUT2D eigenvalue weighted by atomic mass is 10.1. The van der Waals surface area contributed by atoms with Crippen molar-refractivity contribution < 1.29 is 14.3 Å². The minimum atomic E-state index is -0.703. The van der Waals surface area contributed by atoms with Crippen molar-refractivity contribution in [1.29, 1.82) is 0 Å². The van der Waals surface area contributed by atoms with Gasteiger partial charge in [0.05, 0.1) is 7.11 Å². The number of hydrogen-bond donors (Lipinski definition) is 1. The summed E-state index contributed by atoms with van der Waals surface area (Å²) >= 11 is 0. The molecule has 0 aliphatic rings. The van der Waals surface area contributed by atoms with E-state index in [1.54, 1.807) is 32.8 Å². The number of benzene rings is 1. The van der Waals surface area contributed by atoms with Gasteiger partial charge in [0.1, 0.15) is 11.4 Å². The van der Waals surface area contributed by atoms with E-state index in [1.807, 2.05) is 39.2 Å². The molecule has 0 fully saturated rings. The van der Waals surface area contributed by atoms with Crippen molar-refractivity contribution in [3.8, 4) is 5.75 Å². The molecule has 140 valence electrons. The number of anilines is 1. The van der Waals surface area contributed by atoms with Crippen molar-refractivity contribution in [2.75, 3.05) is 32.6 Å². The number of hydrogen-bond acceptors (Lipinski definition) is 4. The maximum absolute atomic E-state index is 11.9. The Morgan fingerprint density at radius 1 is 1.28 bits per heavy atom. The number of aliphatic imine (C=N–C) groups is 1. The van der Waals surface area contributed by atoms with E-state index in [-0.39, 0.29) is 5.96 Å². The topological polar surface area (TPSA) is 80.4 Å². The lowest BCUT2D eigenvalue weighted by molar-refractivity contribution is 0.0604. The van der Waals surface area contributed by atoms with Crippen molar-refractivity contribution in [1.82, 2.24) is 4.90 Å². The van der Waals surface area contributed by atoms with Gasteiger partial charge in [0, 0.05) is 24.3 Å². The molecule has 0 atom stereocenters. The molecule has 0 unspecified atom stereocenters. The zero-order chi connectivity index (χ0) is 19.2. The van der Waals surface area contributed by atoms with E-state index in [0.717, 1.165) is 23.5 Å². The Labute approximate surface area is 150 Å². The summed E-state index contributed by atoms with van der Waals surface area (Å²) in [7, 11) is 5.62. The minimum absolute atomic E-state index is 0.0951. The Kier molecular flexibility index (Phi) is 7.23. The molecule has 0 bridgehead atoms. The second kappa shape index (κ2) is 8.71. The SMILES string of the molecule is CCN(C(N)=NC(=O)OC(C)(C)C)c1ccc(OC)c(CN(C)C)c1. The van der Waals surface area contributed by atoms with E-state index in [4.69, 9.17) is 15.2 Å². The molecule has 1 amide bonds. The first-order valence-corrected chi connectivity index (χ1v) is 8.23. The van der Waals surface area contributed by atoms with Gasteiger partial charge in [-0.3, -0.25) is 0 Å². The summed E-state index contributed by atoms with van der Waals surface area (Å²) in [6.07, 6.45) is -0.703. The first-order valence-electron chi connectivity index (χ1n) is 8.23. The smallest absolute Gasteiger partial charge is 0.437 e. The highest BCUT2D eigenvalue weighted by Crippen LogP contribution is 2.26. The second-order valence-electron chi connectivity index (χ2n) is 6.93. The summed E-state index contributed by atoms with van der Waals surface area (Å²) in [5.74, 6) is 0.897. The van der Waals surface area contributed by atoms with Gasteiger partial charge >= 0.3 is 6.09 Å². The van der Waals surface area contributed by atoms with Gasteiger partial charge in [-0.05, 0) is 60.0 Å². The van der Waals surface area contributed by atoms with Crippen LogP contribution in [-0.2, 0) is 11.3 Å². The molecular formula is C18H30N4O3. The molecule has 0 aliphatic carbocycles. The lowest BCUT2D eigenvalue weighted by Gasteiger charge is -2.24. The van der Waals surface area contributed by atoms with Gasteiger partial charge in [-0.2, -0.15) is 0 Å². The summed E-state index contributed by atoms with van der Waals surface area (Å²) < 4.78 is 10.6. The number of carbonyl (C=O) groups is 1. The maximum atomic E-state index is 11.9. The molecule has 25 heavy (non-hydrogen) atoms. The highest BCUT2D eigenvalue weighted by Gasteiger charge is 2.18. The van der Waals surface area contributed by atoms with E-state index in [9.17, 15) is 4.79 Å². The molecule has 0 heterocycles. The molecular weight excluding hydrogens is 320 g/mol. The van der Waals surface area contributed by atoms with Crippen LogP contribution in [-0.4, -0.2) is 50.3 Å². The molecule has 0 aliphatic heterocycles. The first-order chi connectivity index (χ1) is 11.6. The fourth-order valence-corrected chi connectivity index (χ4v) is 2.31. The predicted octanol–water partition coefficient (Wildman–Crippen LogP) is 2.83. The molecule has 0 saturated carbocycles. The van der Waals surface area contributed by atoms with Crippen molar-refractivity contribution in [3.05, 3.63) is 23.8 Å². The normalized spacial score (nSPS) is 12.2. The highest BCUT2D eigenvalue weighted by molar-refractivity contribution is 6.00. The molecule has 0 spiro atoms. The zero-order valence-corrected chi connectivity index (χ0v) is 16.3. The fourth-order valence-electron chi connectivity index (χ4n) is 2.31. The Bertz CT molecular complexity index is 621. The van der Waals surface area contributed by atoms with Crippen LogP contribution in [0.1, 0.15) is 33.3 Å². The monoisotopic (exact) mass is 350 g/mol. The van der Waals surface area contributed by atoms with E-state index in [0.29, 0.717) is 6.54 Å². The highest BCUT2D eigenvalue weighted by atomic mass is 16.6. The third-order valence-electron chi connectivity index (χ3n) is 3.25. The van der Waals surface area contributed by atoms with Gasteiger partial charge in [-0.25, -0.2) is 4.79 Å². The fraction of sp³-hybridized carbons (Fsp3) is 0.556. The number of amides is 1. The minimum Gasteiger partial charge on any atom is -0.496 e. The lowest BCUT2D eigenvalue weighted by Crippen LogP contribution is -2.38. The average Bonchev–Trinajstić information content (AvgIpc) is 2.45. The summed E-state index contributed by atoms with van der Waals surface area (Å²) in [6.45, 7) is 8.57. The van der Waals surface area contributed by atoms with Crippen LogP contribution in [0.2, 0.25) is 0 Å². The van der Waals surface area contributed by atoms with Crippen LogP contribution in [0.15, 0.2) is 23.2 Å². The number of methoxy groups -OCH3 is 1. The van der Waals surface area contributed by atoms with Crippen molar-refractivity contribution in [2.24, 2.45) is 10.7 Å². The van der Waals surface area contributed by atoms with Crippen LogP contribution in [0.5, 0.6) is 5.75 Å². The quantitative estimate of drug-likeness (QED) is 0.650. The predicted molar refractivity (Wildman–Crippen MR) is 101 cm³/mol. The van der Waals surface area contributed by atoms with Crippen LogP contribution < -0.4 is 15.4 Å². The zero-order valence-electron chi connectivity index (χ0n) is 16.3. The summed E-state index contributed by atoms with van der Waals surface area (Å²) in [5, 5.41) is 0. The molecule has 0 saturated heterocycles. The molecule has 7 heteroatoms. The Morgan fingerprint density at radius 2 is 1.92 bits per heavy atom. The number of nitrogens with two attached hydrogens (primary N) is 1.